The minimum Gasteiger partial charge on any atom is -0.374 e. The van der Waals surface area contributed by atoms with Gasteiger partial charge in [0.15, 0.2) is 0 Å². The molecule has 0 aliphatic heterocycles. The summed E-state index contributed by atoms with van der Waals surface area (Å²) >= 11 is 0. The average Bonchev–Trinajstić information content (AvgIpc) is 2.42. The quantitative estimate of drug-likeness (QED) is 0.643. The Morgan fingerprint density at radius 1 is 1.32 bits per heavy atom. The van der Waals surface area contributed by atoms with Crippen LogP contribution in [0, 0.1) is 17.1 Å². The van der Waals surface area contributed by atoms with Crippen LogP contribution in [0.4, 0.5) is 4.39 Å². The molecule has 0 radical (unpaired) electrons. The van der Waals surface area contributed by atoms with E-state index in [1.54, 1.807) is 12.1 Å². The zero-order chi connectivity index (χ0) is 14.1. The first kappa shape index (κ1) is 15.7. The van der Waals surface area contributed by atoms with E-state index in [9.17, 15) is 4.39 Å². The molecule has 0 aliphatic carbocycles. The summed E-state index contributed by atoms with van der Waals surface area (Å²) in [5, 5.41) is 8.76. The maximum absolute atomic E-state index is 13.8. The molecule has 1 aromatic rings. The monoisotopic (exact) mass is 263 g/mol. The molecule has 1 aromatic carbocycles. The first-order valence-electron chi connectivity index (χ1n) is 6.98. The molecular weight excluding hydrogens is 241 g/mol. The molecule has 0 aromatic heterocycles. The highest BCUT2D eigenvalue weighted by Gasteiger charge is 2.09. The van der Waals surface area contributed by atoms with Gasteiger partial charge in [0.2, 0.25) is 0 Å². The zero-order valence-corrected chi connectivity index (χ0v) is 11.8. The van der Waals surface area contributed by atoms with E-state index in [4.69, 9.17) is 10.00 Å². The van der Waals surface area contributed by atoms with Crippen LogP contribution < -0.4 is 0 Å². The third-order valence-corrected chi connectivity index (χ3v) is 3.19. The Kier molecular flexibility index (Phi) is 7.14. The van der Waals surface area contributed by atoms with Crippen molar-refractivity contribution in [2.45, 2.75) is 58.7 Å². The molecule has 19 heavy (non-hydrogen) atoms. The Bertz CT molecular complexity index is 425. The van der Waals surface area contributed by atoms with Gasteiger partial charge in [-0.1, -0.05) is 44.7 Å². The summed E-state index contributed by atoms with van der Waals surface area (Å²) in [6, 6.07) is 6.67. The highest BCUT2D eigenvalue weighted by Crippen LogP contribution is 2.15. The van der Waals surface area contributed by atoms with Crippen LogP contribution in [-0.2, 0) is 11.3 Å². The van der Waals surface area contributed by atoms with Crippen molar-refractivity contribution in [1.82, 2.24) is 0 Å². The fourth-order valence-corrected chi connectivity index (χ4v) is 1.95. The van der Waals surface area contributed by atoms with Crippen LogP contribution in [0.5, 0.6) is 0 Å². The molecule has 0 saturated carbocycles. The topological polar surface area (TPSA) is 33.0 Å². The van der Waals surface area contributed by atoms with Crippen LogP contribution in [0.25, 0.3) is 0 Å². The third-order valence-electron chi connectivity index (χ3n) is 3.19. The molecule has 0 bridgehead atoms. The smallest absolute Gasteiger partial charge is 0.146 e. The molecule has 0 fully saturated rings. The minimum absolute atomic E-state index is 0.0803. The summed E-state index contributed by atoms with van der Waals surface area (Å²) in [6.07, 6.45) is 5.98. The van der Waals surface area contributed by atoms with Crippen LogP contribution in [0.3, 0.4) is 0 Å². The van der Waals surface area contributed by atoms with Gasteiger partial charge in [-0.05, 0) is 19.4 Å². The fourth-order valence-electron chi connectivity index (χ4n) is 1.95. The summed E-state index contributed by atoms with van der Waals surface area (Å²) < 4.78 is 19.4. The molecule has 0 aliphatic rings. The second-order valence-electron chi connectivity index (χ2n) is 4.86. The fraction of sp³-hybridized carbons (Fsp3) is 0.562. The lowest BCUT2D eigenvalue weighted by atomic mass is 10.1. The van der Waals surface area contributed by atoms with Crippen LogP contribution >= 0.6 is 0 Å². The second kappa shape index (κ2) is 8.66. The Labute approximate surface area is 115 Å². The first-order chi connectivity index (χ1) is 9.19. The maximum Gasteiger partial charge on any atom is 0.146 e. The summed E-state index contributed by atoms with van der Waals surface area (Å²) in [5.41, 5.74) is 0.538. The van der Waals surface area contributed by atoms with Crippen molar-refractivity contribution in [2.75, 3.05) is 0 Å². The molecule has 2 nitrogen and oxygen atoms in total. The summed E-state index contributed by atoms with van der Waals surface area (Å²) in [5.74, 6) is -0.455. The van der Waals surface area contributed by atoms with Gasteiger partial charge in [0.1, 0.15) is 11.9 Å². The van der Waals surface area contributed by atoms with Gasteiger partial charge in [-0.25, -0.2) is 4.39 Å². The molecule has 3 heteroatoms. The number of hydrogen-bond acceptors (Lipinski definition) is 2. The lowest BCUT2D eigenvalue weighted by molar-refractivity contribution is 0.0443. The Balaban J connectivity index is 2.38. The van der Waals surface area contributed by atoms with E-state index in [1.165, 1.54) is 25.3 Å². The molecular formula is C16H22FNO. The third kappa shape index (κ3) is 5.40. The number of benzene rings is 1. The number of rotatable bonds is 8. The zero-order valence-electron chi connectivity index (χ0n) is 11.8. The lowest BCUT2D eigenvalue weighted by Gasteiger charge is -2.13. The predicted octanol–water partition coefficient (Wildman–Crippen LogP) is 4.57. The van der Waals surface area contributed by atoms with Crippen LogP contribution in [0.1, 0.15) is 57.1 Å². The molecule has 1 rings (SSSR count). The number of hydrogen-bond donors (Lipinski definition) is 0. The maximum atomic E-state index is 13.8. The molecule has 104 valence electrons. The molecule has 1 unspecified atom stereocenters. The van der Waals surface area contributed by atoms with Gasteiger partial charge in [0.25, 0.3) is 0 Å². The summed E-state index contributed by atoms with van der Waals surface area (Å²) in [4.78, 5) is 0. The molecule has 0 spiro atoms. The van der Waals surface area contributed by atoms with Gasteiger partial charge in [0.05, 0.1) is 18.3 Å². The van der Waals surface area contributed by atoms with E-state index >= 15 is 0 Å². The van der Waals surface area contributed by atoms with Gasteiger partial charge < -0.3 is 4.74 Å². The largest absolute Gasteiger partial charge is 0.374 e. The molecule has 0 amide bonds. The van der Waals surface area contributed by atoms with Crippen molar-refractivity contribution in [1.29, 1.82) is 5.26 Å². The molecule has 1 atom stereocenters. The van der Waals surface area contributed by atoms with Gasteiger partial charge in [-0.3, -0.25) is 0 Å². The van der Waals surface area contributed by atoms with Crippen molar-refractivity contribution in [3.8, 4) is 6.07 Å². The highest BCUT2D eigenvalue weighted by atomic mass is 19.1. The highest BCUT2D eigenvalue weighted by molar-refractivity contribution is 5.34. The van der Waals surface area contributed by atoms with E-state index in [2.05, 4.69) is 6.92 Å². The SMILES string of the molecule is CCCCCCC(C)OCc1cccc(C#N)c1F. The van der Waals surface area contributed by atoms with E-state index in [-0.39, 0.29) is 18.3 Å². The Hall–Kier alpha value is -1.40. The van der Waals surface area contributed by atoms with E-state index in [1.807, 2.05) is 13.0 Å². The van der Waals surface area contributed by atoms with E-state index < -0.39 is 5.82 Å². The van der Waals surface area contributed by atoms with E-state index in [0.29, 0.717) is 5.56 Å². The number of ether oxygens (including phenoxy) is 1. The Morgan fingerprint density at radius 3 is 2.79 bits per heavy atom. The van der Waals surface area contributed by atoms with Gasteiger partial charge in [0, 0.05) is 5.56 Å². The minimum atomic E-state index is -0.455. The molecule has 0 saturated heterocycles. The summed E-state index contributed by atoms with van der Waals surface area (Å²) in [6.45, 7) is 4.43. The number of nitrogens with zero attached hydrogens (tertiary/aromatic N) is 1. The van der Waals surface area contributed by atoms with Crippen molar-refractivity contribution in [2.24, 2.45) is 0 Å². The van der Waals surface area contributed by atoms with Crippen molar-refractivity contribution >= 4 is 0 Å². The van der Waals surface area contributed by atoms with Crippen molar-refractivity contribution < 1.29 is 9.13 Å². The number of nitriles is 1. The van der Waals surface area contributed by atoms with Gasteiger partial charge in [-0.2, -0.15) is 5.26 Å². The van der Waals surface area contributed by atoms with Gasteiger partial charge >= 0.3 is 0 Å². The first-order valence-corrected chi connectivity index (χ1v) is 6.98. The Morgan fingerprint density at radius 2 is 2.11 bits per heavy atom. The van der Waals surface area contributed by atoms with Crippen LogP contribution in [0.2, 0.25) is 0 Å². The predicted molar refractivity (Wildman–Crippen MR) is 74.1 cm³/mol. The van der Waals surface area contributed by atoms with Gasteiger partial charge in [-0.15, -0.1) is 0 Å². The summed E-state index contributed by atoms with van der Waals surface area (Å²) in [7, 11) is 0. The van der Waals surface area contributed by atoms with Crippen molar-refractivity contribution in [3.63, 3.8) is 0 Å². The van der Waals surface area contributed by atoms with Crippen LogP contribution in [0.15, 0.2) is 18.2 Å². The molecule has 0 N–H and O–H groups in total. The molecule has 0 heterocycles. The van der Waals surface area contributed by atoms with Crippen molar-refractivity contribution in [3.05, 3.63) is 35.1 Å². The number of halogens is 1. The van der Waals surface area contributed by atoms with E-state index in [0.717, 1.165) is 12.8 Å². The average molecular weight is 263 g/mol. The normalized spacial score (nSPS) is 12.1. The second-order valence-corrected chi connectivity index (χ2v) is 4.86. The standard InChI is InChI=1S/C16H22FNO/c1-3-4-5-6-8-13(2)19-12-15-10-7-9-14(11-18)16(15)17/h7,9-10,13H,3-6,8,12H2,1-2H3. The number of unbranched alkanes of at least 4 members (excludes halogenated alkanes) is 3. The van der Waals surface area contributed by atoms with Crippen LogP contribution in [-0.4, -0.2) is 6.10 Å². The lowest BCUT2D eigenvalue weighted by Crippen LogP contribution is -2.09.